The first-order valence-electron chi connectivity index (χ1n) is 8.65. The van der Waals surface area contributed by atoms with Crippen molar-refractivity contribution < 1.29 is 18.3 Å². The van der Waals surface area contributed by atoms with Gasteiger partial charge in [-0.15, -0.1) is 0 Å². The Balaban J connectivity index is 3.40. The van der Waals surface area contributed by atoms with Gasteiger partial charge in [-0.3, -0.25) is 0 Å². The van der Waals surface area contributed by atoms with Gasteiger partial charge in [-0.05, 0) is 58.6 Å². The fourth-order valence-electron chi connectivity index (χ4n) is 2.82. The van der Waals surface area contributed by atoms with Gasteiger partial charge in [-0.25, -0.2) is 8.42 Å². The summed E-state index contributed by atoms with van der Waals surface area (Å²) in [5.41, 5.74) is 4.40. The molecule has 1 aromatic rings. The fraction of sp³-hybridized carbons (Fsp3) is 0.684. The maximum atomic E-state index is 13.3. The van der Waals surface area contributed by atoms with Gasteiger partial charge in [0.15, 0.2) is 9.84 Å². The molecule has 5 nitrogen and oxygen atoms in total. The van der Waals surface area contributed by atoms with Crippen molar-refractivity contribution in [2.45, 2.75) is 82.5 Å². The van der Waals surface area contributed by atoms with Crippen LogP contribution in [0.4, 0.5) is 0 Å². The van der Waals surface area contributed by atoms with Gasteiger partial charge < -0.3 is 15.6 Å². The molecule has 0 bridgehead atoms. The van der Waals surface area contributed by atoms with Crippen LogP contribution in [0.5, 0.6) is 0 Å². The molecule has 3 unspecified atom stereocenters. The summed E-state index contributed by atoms with van der Waals surface area (Å²) in [6.45, 7) is 12.5. The number of nitrogens with two attached hydrogens (primary N) is 1. The molecule has 0 aliphatic rings. The Bertz CT molecular complexity index is 675. The van der Waals surface area contributed by atoms with E-state index in [1.807, 2.05) is 34.6 Å². The van der Waals surface area contributed by atoms with Gasteiger partial charge in [0.2, 0.25) is 0 Å². The maximum Gasteiger partial charge on any atom is 0.184 e. The lowest BCUT2D eigenvalue weighted by molar-refractivity contribution is -0.151. The Morgan fingerprint density at radius 2 is 1.68 bits per heavy atom. The first-order chi connectivity index (χ1) is 11.2. The Hall–Kier alpha value is -0.950. The van der Waals surface area contributed by atoms with Crippen molar-refractivity contribution in [3.05, 3.63) is 29.8 Å². The van der Waals surface area contributed by atoms with E-state index >= 15 is 0 Å². The van der Waals surface area contributed by atoms with E-state index < -0.39 is 32.5 Å². The number of ether oxygens (including phenoxy) is 1. The van der Waals surface area contributed by atoms with Crippen LogP contribution < -0.4 is 5.73 Å². The highest BCUT2D eigenvalue weighted by Crippen LogP contribution is 2.33. The lowest BCUT2D eigenvalue weighted by Gasteiger charge is -2.40. The Kier molecular flexibility index (Phi) is 6.84. The minimum absolute atomic E-state index is 0.0668. The molecule has 0 heterocycles. The van der Waals surface area contributed by atoms with Crippen LogP contribution in [0.2, 0.25) is 0 Å². The van der Waals surface area contributed by atoms with Crippen molar-refractivity contribution in [1.29, 1.82) is 0 Å². The molecule has 0 spiro atoms. The summed E-state index contributed by atoms with van der Waals surface area (Å²) < 4.78 is 32.4. The van der Waals surface area contributed by atoms with Gasteiger partial charge in [0.05, 0.1) is 15.7 Å². The molecular weight excluding hydrogens is 338 g/mol. The van der Waals surface area contributed by atoms with Crippen molar-refractivity contribution in [2.75, 3.05) is 0 Å². The number of aliphatic hydroxyl groups is 1. The minimum Gasteiger partial charge on any atom is -0.385 e. The van der Waals surface area contributed by atoms with E-state index in [4.69, 9.17) is 10.5 Å². The van der Waals surface area contributed by atoms with E-state index in [0.29, 0.717) is 5.56 Å². The second kappa shape index (κ2) is 7.74. The fourth-order valence-corrected chi connectivity index (χ4v) is 5.31. The van der Waals surface area contributed by atoms with Gasteiger partial charge in [0.25, 0.3) is 0 Å². The largest absolute Gasteiger partial charge is 0.385 e. The van der Waals surface area contributed by atoms with E-state index in [0.717, 1.165) is 0 Å². The van der Waals surface area contributed by atoms with E-state index in [-0.39, 0.29) is 17.2 Å². The van der Waals surface area contributed by atoms with Crippen LogP contribution in [0, 0.1) is 12.8 Å². The highest BCUT2D eigenvalue weighted by molar-refractivity contribution is 7.92. The average Bonchev–Trinajstić information content (AvgIpc) is 2.42. The number of hydrogen-bond donors (Lipinski definition) is 2. The first-order valence-corrected chi connectivity index (χ1v) is 10.2. The number of rotatable bonds is 7. The third kappa shape index (κ3) is 5.51. The summed E-state index contributed by atoms with van der Waals surface area (Å²) >= 11 is 0. The molecule has 0 aliphatic carbocycles. The molecule has 1 rings (SSSR count). The van der Waals surface area contributed by atoms with Crippen molar-refractivity contribution in [3.8, 4) is 0 Å². The molecule has 1 aromatic carbocycles. The lowest BCUT2D eigenvalue weighted by atomic mass is 9.92. The van der Waals surface area contributed by atoms with E-state index in [1.54, 1.807) is 31.2 Å². The van der Waals surface area contributed by atoms with Gasteiger partial charge in [0.1, 0.15) is 11.8 Å². The van der Waals surface area contributed by atoms with Crippen LogP contribution in [-0.2, 0) is 14.6 Å². The highest BCUT2D eigenvalue weighted by Gasteiger charge is 2.48. The standard InChI is InChI=1S/C19H33NO4S/c1-13(2)12-16(19(7,21)17(20)24-18(4,5)6)25(22,23)15-11-9-8-10-14(15)3/h8-11,13,16-17,21H,12,20H2,1-7H3. The lowest BCUT2D eigenvalue weighted by Crippen LogP contribution is -2.59. The van der Waals surface area contributed by atoms with Gasteiger partial charge >= 0.3 is 0 Å². The van der Waals surface area contributed by atoms with E-state index in [9.17, 15) is 13.5 Å². The molecule has 0 aliphatic heterocycles. The topological polar surface area (TPSA) is 89.6 Å². The minimum atomic E-state index is -3.80. The van der Waals surface area contributed by atoms with Crippen LogP contribution in [0.3, 0.4) is 0 Å². The van der Waals surface area contributed by atoms with Gasteiger partial charge in [-0.2, -0.15) is 0 Å². The molecular formula is C19H33NO4S. The second-order valence-electron chi connectivity index (χ2n) is 8.31. The van der Waals surface area contributed by atoms with Crippen LogP contribution in [0.15, 0.2) is 29.2 Å². The molecule has 3 atom stereocenters. The summed E-state index contributed by atoms with van der Waals surface area (Å²) in [7, 11) is -3.80. The molecule has 0 radical (unpaired) electrons. The molecule has 3 N–H and O–H groups in total. The Labute approximate surface area is 152 Å². The van der Waals surface area contributed by atoms with Crippen LogP contribution in [0.1, 0.15) is 53.5 Å². The number of hydrogen-bond acceptors (Lipinski definition) is 5. The third-order valence-corrected chi connectivity index (χ3v) is 6.66. The van der Waals surface area contributed by atoms with Gasteiger partial charge in [0, 0.05) is 0 Å². The first kappa shape index (κ1) is 22.1. The van der Waals surface area contributed by atoms with E-state index in [2.05, 4.69) is 0 Å². The number of aryl methyl sites for hydroxylation is 1. The zero-order valence-electron chi connectivity index (χ0n) is 16.4. The third-order valence-electron chi connectivity index (χ3n) is 4.17. The average molecular weight is 372 g/mol. The van der Waals surface area contributed by atoms with Crippen molar-refractivity contribution >= 4 is 9.84 Å². The number of benzene rings is 1. The van der Waals surface area contributed by atoms with Crippen molar-refractivity contribution in [1.82, 2.24) is 0 Å². The monoisotopic (exact) mass is 371 g/mol. The Morgan fingerprint density at radius 1 is 1.16 bits per heavy atom. The highest BCUT2D eigenvalue weighted by atomic mass is 32.2. The molecule has 0 aromatic heterocycles. The Morgan fingerprint density at radius 3 is 2.12 bits per heavy atom. The predicted octanol–water partition coefficient (Wildman–Crippen LogP) is 3.03. The molecule has 6 heteroatoms. The second-order valence-corrected chi connectivity index (χ2v) is 10.4. The predicted molar refractivity (Wildman–Crippen MR) is 101 cm³/mol. The van der Waals surface area contributed by atoms with E-state index in [1.165, 1.54) is 6.92 Å². The number of sulfone groups is 1. The van der Waals surface area contributed by atoms with Crippen molar-refractivity contribution in [2.24, 2.45) is 11.7 Å². The summed E-state index contributed by atoms with van der Waals surface area (Å²) in [5.74, 6) is 0.0668. The summed E-state index contributed by atoms with van der Waals surface area (Å²) in [4.78, 5) is 0.226. The molecule has 25 heavy (non-hydrogen) atoms. The maximum absolute atomic E-state index is 13.3. The summed E-state index contributed by atoms with van der Waals surface area (Å²) in [5, 5.41) is 10.0. The zero-order chi connectivity index (χ0) is 19.6. The quantitative estimate of drug-likeness (QED) is 0.719. The van der Waals surface area contributed by atoms with Crippen LogP contribution in [0.25, 0.3) is 0 Å². The summed E-state index contributed by atoms with van der Waals surface area (Å²) in [6, 6.07) is 6.80. The molecule has 0 amide bonds. The zero-order valence-corrected chi connectivity index (χ0v) is 17.2. The normalized spacial score (nSPS) is 18.0. The molecule has 144 valence electrons. The molecule has 0 saturated carbocycles. The molecule has 0 fully saturated rings. The molecule has 0 saturated heterocycles. The summed E-state index contributed by atoms with van der Waals surface area (Å²) in [6.07, 6.45) is -0.847. The van der Waals surface area contributed by atoms with Crippen molar-refractivity contribution in [3.63, 3.8) is 0 Å². The van der Waals surface area contributed by atoms with Crippen LogP contribution >= 0.6 is 0 Å². The SMILES string of the molecule is Cc1ccccc1S(=O)(=O)C(CC(C)C)C(C)(O)C(N)OC(C)(C)C. The smallest absolute Gasteiger partial charge is 0.184 e. The van der Waals surface area contributed by atoms with Crippen LogP contribution in [-0.4, -0.2) is 36.2 Å². The van der Waals surface area contributed by atoms with Gasteiger partial charge in [-0.1, -0.05) is 32.0 Å².